The largest absolute Gasteiger partial charge is 1.00 e. The summed E-state index contributed by atoms with van der Waals surface area (Å²) in [6.45, 7) is 6.05. The van der Waals surface area contributed by atoms with Crippen molar-refractivity contribution in [3.05, 3.63) is 0 Å². The van der Waals surface area contributed by atoms with Crippen molar-refractivity contribution in [3.63, 3.8) is 0 Å². The second-order valence-corrected chi connectivity index (χ2v) is 12.0. The van der Waals surface area contributed by atoms with E-state index < -0.39 is 15.9 Å². The molecule has 0 saturated carbocycles. The van der Waals surface area contributed by atoms with Crippen molar-refractivity contribution >= 4 is 28.0 Å². The first-order valence-electron chi connectivity index (χ1n) is 15.2. The van der Waals surface area contributed by atoms with E-state index in [1.54, 1.807) is 11.9 Å². The molecule has 1 aromatic rings. The predicted octanol–water partition coefficient (Wildman–Crippen LogP) is 3.74. The van der Waals surface area contributed by atoms with Gasteiger partial charge in [-0.1, -0.05) is 117 Å². The molecule has 0 radical (unpaired) electrons. The average Bonchev–Trinajstić information content (AvgIpc) is 2.89. The van der Waals surface area contributed by atoms with Crippen molar-refractivity contribution in [1.29, 1.82) is 0 Å². The van der Waals surface area contributed by atoms with Crippen molar-refractivity contribution in [3.8, 4) is 0 Å². The number of nitrogens with one attached hydrogen (secondary N) is 2. The topological polar surface area (TPSA) is 123 Å². The van der Waals surface area contributed by atoms with Crippen LogP contribution in [0.15, 0.2) is 0 Å². The summed E-state index contributed by atoms with van der Waals surface area (Å²) in [6, 6.07) is 0. The van der Waals surface area contributed by atoms with E-state index in [4.69, 9.17) is 0 Å². The van der Waals surface area contributed by atoms with E-state index in [0.717, 1.165) is 32.4 Å². The van der Waals surface area contributed by atoms with Crippen LogP contribution < -0.4 is 45.1 Å². The van der Waals surface area contributed by atoms with Crippen molar-refractivity contribution in [2.75, 3.05) is 48.0 Å². The van der Waals surface area contributed by atoms with Crippen LogP contribution in [-0.4, -0.2) is 60.4 Å². The summed E-state index contributed by atoms with van der Waals surface area (Å²) in [7, 11) is -2.62. The molecular weight excluding hydrogens is 523 g/mol. The third-order valence-corrected chi connectivity index (χ3v) is 7.45. The third kappa shape index (κ3) is 22.7. The van der Waals surface area contributed by atoms with Gasteiger partial charge < -0.3 is 20.1 Å². The summed E-state index contributed by atoms with van der Waals surface area (Å²) in [4.78, 5) is 15.0. The minimum Gasteiger partial charge on any atom is -0.748 e. The molecule has 0 aromatic carbocycles. The zero-order valence-corrected chi connectivity index (χ0v) is 28.3. The van der Waals surface area contributed by atoms with Gasteiger partial charge >= 0.3 is 29.6 Å². The molecule has 0 fully saturated rings. The van der Waals surface area contributed by atoms with E-state index in [2.05, 4.69) is 39.4 Å². The molecule has 11 heteroatoms. The Morgan fingerprint density at radius 1 is 0.641 bits per heavy atom. The molecule has 0 aliphatic heterocycles. The van der Waals surface area contributed by atoms with E-state index in [9.17, 15) is 13.0 Å². The quantitative estimate of drug-likeness (QED) is 0.0961. The van der Waals surface area contributed by atoms with Crippen molar-refractivity contribution in [1.82, 2.24) is 15.0 Å². The van der Waals surface area contributed by atoms with Crippen LogP contribution in [0.25, 0.3) is 0 Å². The van der Waals surface area contributed by atoms with E-state index in [-0.39, 0.29) is 36.1 Å². The van der Waals surface area contributed by atoms with Gasteiger partial charge in [0.1, 0.15) is 0 Å². The molecule has 1 heterocycles. The molecule has 9 nitrogen and oxygen atoms in total. The monoisotopic (exact) mass is 578 g/mol. The fourth-order valence-electron chi connectivity index (χ4n) is 4.31. The molecule has 1 rings (SSSR count). The van der Waals surface area contributed by atoms with Crippen molar-refractivity contribution in [2.24, 2.45) is 0 Å². The van der Waals surface area contributed by atoms with Gasteiger partial charge in [0.05, 0.1) is 15.9 Å². The molecule has 0 spiro atoms. The van der Waals surface area contributed by atoms with Crippen LogP contribution >= 0.6 is 0 Å². The maximum absolute atomic E-state index is 11.1. The van der Waals surface area contributed by atoms with Crippen LogP contribution in [-0.2, 0) is 10.1 Å². The first-order chi connectivity index (χ1) is 18.4. The van der Waals surface area contributed by atoms with Gasteiger partial charge in [0.25, 0.3) is 0 Å². The molecule has 0 aliphatic rings. The van der Waals surface area contributed by atoms with Crippen LogP contribution in [0, 0.1) is 0 Å². The zero-order valence-electron chi connectivity index (χ0n) is 25.5. The summed E-state index contributed by atoms with van der Waals surface area (Å²) < 4.78 is 33.2. The molecule has 0 amide bonds. The van der Waals surface area contributed by atoms with Gasteiger partial charge in [-0.3, -0.25) is 0 Å². The van der Waals surface area contributed by atoms with E-state index >= 15 is 0 Å². The Morgan fingerprint density at radius 2 is 1.00 bits per heavy atom. The molecule has 0 saturated heterocycles. The van der Waals surface area contributed by atoms with Gasteiger partial charge in [-0.25, -0.2) is 8.42 Å². The van der Waals surface area contributed by atoms with Crippen molar-refractivity contribution < 1.29 is 42.5 Å². The van der Waals surface area contributed by atoms with Crippen LogP contribution in [0.2, 0.25) is 0 Å². The summed E-state index contributed by atoms with van der Waals surface area (Å²) in [6.07, 6.45) is 22.9. The van der Waals surface area contributed by atoms with Crippen LogP contribution in [0.4, 0.5) is 17.8 Å². The van der Waals surface area contributed by atoms with Crippen molar-refractivity contribution in [2.45, 2.75) is 129 Å². The van der Waals surface area contributed by atoms with Gasteiger partial charge in [-0.05, 0) is 12.8 Å². The predicted molar refractivity (Wildman–Crippen MR) is 159 cm³/mol. The summed E-state index contributed by atoms with van der Waals surface area (Å²) in [5.41, 5.74) is 0. The number of anilines is 3. The first-order valence-corrected chi connectivity index (χ1v) is 16.8. The number of nitrogens with zero attached hydrogens (tertiary/aromatic N) is 4. The smallest absolute Gasteiger partial charge is 0.748 e. The zero-order chi connectivity index (χ0) is 27.9. The fourth-order valence-corrected chi connectivity index (χ4v) is 4.81. The molecule has 0 bridgehead atoms. The van der Waals surface area contributed by atoms with Gasteiger partial charge in [-0.2, -0.15) is 15.0 Å². The Bertz CT molecular complexity index is 816. The maximum atomic E-state index is 11.1. The molecule has 0 unspecified atom stereocenters. The second kappa shape index (κ2) is 25.1. The van der Waals surface area contributed by atoms with Gasteiger partial charge in [0.2, 0.25) is 17.8 Å². The number of rotatable bonds is 26. The number of hydrogen-bond donors (Lipinski definition) is 2. The molecule has 39 heavy (non-hydrogen) atoms. The number of aromatic nitrogens is 3. The SMILES string of the molecule is CCCCCCCCCCCCCCNc1nc(NCCCCCCCC)nc(N(C)CCS(=O)(=O)[O-])n1.[Na+]. The standard InChI is InChI=1S/C28H56N6O3S.Na/c1-4-6-8-10-12-13-14-15-16-17-19-21-23-30-27-31-26(29-22-20-18-11-9-7-5-2)32-28(33-27)34(3)24-25-38(35,36)37;/h4-25H2,1-3H3,(H,35,36,37)(H2,29,30,31,32,33);/q;+1/p-1. The van der Waals surface area contributed by atoms with E-state index in [0.29, 0.717) is 17.8 Å². The molecular formula is C28H55N6NaO3S. The molecule has 222 valence electrons. The Labute approximate surface area is 261 Å². The third-order valence-electron chi connectivity index (χ3n) is 6.77. The van der Waals surface area contributed by atoms with Gasteiger partial charge in [-0.15, -0.1) is 0 Å². The minimum atomic E-state index is -4.30. The van der Waals surface area contributed by atoms with Crippen LogP contribution in [0.5, 0.6) is 0 Å². The average molecular weight is 579 g/mol. The van der Waals surface area contributed by atoms with Gasteiger partial charge in [0.15, 0.2) is 0 Å². The van der Waals surface area contributed by atoms with Gasteiger partial charge in [0, 0.05) is 26.7 Å². The fraction of sp³-hybridized carbons (Fsp3) is 0.893. The summed E-state index contributed by atoms with van der Waals surface area (Å²) in [5.74, 6) is 0.807. The Morgan fingerprint density at radius 3 is 1.36 bits per heavy atom. The maximum Gasteiger partial charge on any atom is 1.00 e. The minimum absolute atomic E-state index is 0. The van der Waals surface area contributed by atoms with E-state index in [1.807, 2.05) is 0 Å². The molecule has 2 N–H and O–H groups in total. The number of hydrogen-bond acceptors (Lipinski definition) is 9. The Hall–Kier alpha value is -0.680. The normalized spacial score (nSPS) is 11.3. The van der Waals surface area contributed by atoms with Crippen LogP contribution in [0.1, 0.15) is 129 Å². The molecule has 0 atom stereocenters. The molecule has 0 aliphatic carbocycles. The summed E-state index contributed by atoms with van der Waals surface area (Å²) >= 11 is 0. The Kier molecular flexibility index (Phi) is 24.6. The molecule has 1 aromatic heterocycles. The second-order valence-electron chi connectivity index (χ2n) is 10.5. The Balaban J connectivity index is 0.0000144. The van der Waals surface area contributed by atoms with E-state index in [1.165, 1.54) is 96.3 Å². The first kappa shape index (κ1) is 38.3. The number of unbranched alkanes of at least 4 members (excludes halogenated alkanes) is 16. The van der Waals surface area contributed by atoms with Crippen LogP contribution in [0.3, 0.4) is 0 Å². The summed E-state index contributed by atoms with van der Waals surface area (Å²) in [5, 5.41) is 6.59.